The van der Waals surface area contributed by atoms with Crippen molar-refractivity contribution in [2.45, 2.75) is 47.6 Å². The SMILES string of the molecule is CCNC(c1sc(C)cc1Br)C1C(C)(C)C1(C)C. The van der Waals surface area contributed by atoms with Crippen LogP contribution in [-0.2, 0) is 0 Å². The summed E-state index contributed by atoms with van der Waals surface area (Å²) in [5.41, 5.74) is 0.828. The van der Waals surface area contributed by atoms with Crippen LogP contribution in [0.15, 0.2) is 10.5 Å². The summed E-state index contributed by atoms with van der Waals surface area (Å²) < 4.78 is 1.27. The summed E-state index contributed by atoms with van der Waals surface area (Å²) in [4.78, 5) is 2.86. The van der Waals surface area contributed by atoms with Crippen molar-refractivity contribution in [3.63, 3.8) is 0 Å². The second kappa shape index (κ2) is 4.60. The van der Waals surface area contributed by atoms with E-state index in [9.17, 15) is 0 Å². The fourth-order valence-corrected chi connectivity index (χ4v) is 5.39. The fourth-order valence-electron chi connectivity index (χ4n) is 3.38. The predicted molar refractivity (Wildman–Crippen MR) is 84.2 cm³/mol. The molecular weight excluding hydrogens is 306 g/mol. The molecule has 2 rings (SSSR count). The zero-order valence-corrected chi connectivity index (χ0v) is 14.6. The van der Waals surface area contributed by atoms with Crippen molar-refractivity contribution < 1.29 is 0 Å². The van der Waals surface area contributed by atoms with E-state index in [4.69, 9.17) is 0 Å². The van der Waals surface area contributed by atoms with Gasteiger partial charge >= 0.3 is 0 Å². The van der Waals surface area contributed by atoms with Crippen molar-refractivity contribution in [2.24, 2.45) is 16.7 Å². The van der Waals surface area contributed by atoms with Gasteiger partial charge < -0.3 is 5.32 Å². The Bertz CT molecular complexity index is 433. The van der Waals surface area contributed by atoms with E-state index in [-0.39, 0.29) is 0 Å². The number of nitrogens with one attached hydrogen (secondary N) is 1. The molecule has 102 valence electrons. The van der Waals surface area contributed by atoms with Crippen LogP contribution < -0.4 is 5.32 Å². The van der Waals surface area contributed by atoms with E-state index in [2.05, 4.69) is 68.9 Å². The van der Waals surface area contributed by atoms with Gasteiger partial charge in [0.25, 0.3) is 0 Å². The molecule has 1 saturated carbocycles. The molecule has 0 bridgehead atoms. The van der Waals surface area contributed by atoms with Crippen molar-refractivity contribution in [3.05, 3.63) is 20.3 Å². The van der Waals surface area contributed by atoms with E-state index in [0.717, 1.165) is 6.54 Å². The molecule has 18 heavy (non-hydrogen) atoms. The molecule has 1 aromatic rings. The normalized spacial score (nSPS) is 23.1. The minimum atomic E-state index is 0.414. The molecule has 1 fully saturated rings. The van der Waals surface area contributed by atoms with Gasteiger partial charge in [-0.2, -0.15) is 0 Å². The quantitative estimate of drug-likeness (QED) is 0.805. The molecule has 1 atom stereocenters. The van der Waals surface area contributed by atoms with Crippen LogP contribution in [0.1, 0.15) is 50.4 Å². The summed E-state index contributed by atoms with van der Waals surface area (Å²) in [7, 11) is 0. The highest BCUT2D eigenvalue weighted by atomic mass is 79.9. The monoisotopic (exact) mass is 329 g/mol. The summed E-state index contributed by atoms with van der Waals surface area (Å²) in [5, 5.41) is 3.71. The molecule has 1 heterocycles. The first-order valence-electron chi connectivity index (χ1n) is 6.72. The molecule has 0 aromatic carbocycles. The molecule has 1 aliphatic rings. The van der Waals surface area contributed by atoms with Crippen LogP contribution in [-0.4, -0.2) is 6.54 Å². The minimum absolute atomic E-state index is 0.414. The molecule has 0 radical (unpaired) electrons. The molecule has 0 amide bonds. The molecule has 1 nitrogen and oxygen atoms in total. The number of hydrogen-bond acceptors (Lipinski definition) is 2. The topological polar surface area (TPSA) is 12.0 Å². The average Bonchev–Trinajstić information content (AvgIpc) is 2.53. The van der Waals surface area contributed by atoms with Crippen LogP contribution in [0, 0.1) is 23.7 Å². The highest BCUT2D eigenvalue weighted by Gasteiger charge is 2.67. The minimum Gasteiger partial charge on any atom is -0.309 e. The first kappa shape index (κ1) is 14.5. The molecule has 1 N–H and O–H groups in total. The van der Waals surface area contributed by atoms with Gasteiger partial charge in [-0.15, -0.1) is 11.3 Å². The summed E-state index contributed by atoms with van der Waals surface area (Å²) >= 11 is 5.65. The Kier molecular flexibility index (Phi) is 3.72. The van der Waals surface area contributed by atoms with E-state index < -0.39 is 0 Å². The lowest BCUT2D eigenvalue weighted by atomic mass is 10.0. The smallest absolute Gasteiger partial charge is 0.0465 e. The molecular formula is C15H24BrNS. The maximum atomic E-state index is 3.73. The van der Waals surface area contributed by atoms with Crippen LogP contribution in [0.3, 0.4) is 0 Å². The molecule has 1 aromatic heterocycles. The van der Waals surface area contributed by atoms with E-state index in [1.807, 2.05) is 11.3 Å². The van der Waals surface area contributed by atoms with E-state index >= 15 is 0 Å². The van der Waals surface area contributed by atoms with Crippen molar-refractivity contribution in [1.82, 2.24) is 5.32 Å². The molecule has 1 unspecified atom stereocenters. The second-order valence-electron chi connectivity index (χ2n) is 6.53. The zero-order valence-electron chi connectivity index (χ0n) is 12.2. The number of rotatable bonds is 4. The molecule has 0 saturated heterocycles. The van der Waals surface area contributed by atoms with Gasteiger partial charge in [0.05, 0.1) is 0 Å². The van der Waals surface area contributed by atoms with Crippen molar-refractivity contribution >= 4 is 27.3 Å². The van der Waals surface area contributed by atoms with Gasteiger partial charge in [0.2, 0.25) is 0 Å². The van der Waals surface area contributed by atoms with Gasteiger partial charge in [-0.25, -0.2) is 0 Å². The third kappa shape index (κ3) is 2.08. The zero-order chi connectivity index (χ0) is 13.7. The van der Waals surface area contributed by atoms with Gasteiger partial charge in [0.15, 0.2) is 0 Å². The van der Waals surface area contributed by atoms with Crippen LogP contribution in [0.5, 0.6) is 0 Å². The van der Waals surface area contributed by atoms with Gasteiger partial charge in [-0.1, -0.05) is 34.6 Å². The third-order valence-electron chi connectivity index (χ3n) is 5.01. The predicted octanol–water partition coefficient (Wildman–Crippen LogP) is 5.15. The average molecular weight is 330 g/mol. The number of thiophene rings is 1. The summed E-state index contributed by atoms with van der Waals surface area (Å²) in [6, 6.07) is 2.72. The summed E-state index contributed by atoms with van der Waals surface area (Å²) in [6.45, 7) is 15.0. The Hall–Kier alpha value is 0.140. The first-order chi connectivity index (χ1) is 8.23. The largest absolute Gasteiger partial charge is 0.309 e. The van der Waals surface area contributed by atoms with E-state index in [1.165, 1.54) is 14.2 Å². The van der Waals surface area contributed by atoms with Crippen LogP contribution in [0.25, 0.3) is 0 Å². The van der Waals surface area contributed by atoms with E-state index in [1.54, 1.807) is 0 Å². The van der Waals surface area contributed by atoms with Gasteiger partial charge in [-0.05, 0) is 52.2 Å². The third-order valence-corrected chi connectivity index (χ3v) is 7.06. The molecule has 3 heteroatoms. The maximum absolute atomic E-state index is 3.73. The maximum Gasteiger partial charge on any atom is 0.0465 e. The number of aryl methyl sites for hydroxylation is 1. The second-order valence-corrected chi connectivity index (χ2v) is 8.67. The van der Waals surface area contributed by atoms with Crippen LogP contribution >= 0.6 is 27.3 Å². The summed E-state index contributed by atoms with van der Waals surface area (Å²) in [6.07, 6.45) is 0. The lowest BCUT2D eigenvalue weighted by Gasteiger charge is -2.19. The molecule has 1 aliphatic carbocycles. The lowest BCUT2D eigenvalue weighted by molar-refractivity contribution is 0.423. The van der Waals surface area contributed by atoms with Gasteiger partial charge in [0.1, 0.15) is 0 Å². The van der Waals surface area contributed by atoms with Crippen molar-refractivity contribution in [3.8, 4) is 0 Å². The van der Waals surface area contributed by atoms with Crippen LogP contribution in [0.4, 0.5) is 0 Å². The Morgan fingerprint density at radius 3 is 2.22 bits per heavy atom. The molecule has 0 spiro atoms. The number of hydrogen-bond donors (Lipinski definition) is 1. The first-order valence-corrected chi connectivity index (χ1v) is 8.33. The van der Waals surface area contributed by atoms with Crippen LogP contribution in [0.2, 0.25) is 0 Å². The fraction of sp³-hybridized carbons (Fsp3) is 0.733. The summed E-state index contributed by atoms with van der Waals surface area (Å²) in [5.74, 6) is 0.708. The number of halogens is 1. The Morgan fingerprint density at radius 1 is 1.33 bits per heavy atom. The Labute approximate surface area is 123 Å². The highest BCUT2D eigenvalue weighted by Crippen LogP contribution is 2.72. The van der Waals surface area contributed by atoms with E-state index in [0.29, 0.717) is 22.8 Å². The Balaban J connectivity index is 2.34. The Morgan fingerprint density at radius 2 is 1.89 bits per heavy atom. The molecule has 0 aliphatic heterocycles. The highest BCUT2D eigenvalue weighted by molar-refractivity contribution is 9.10. The van der Waals surface area contributed by atoms with Gasteiger partial charge in [0, 0.05) is 20.3 Å². The lowest BCUT2D eigenvalue weighted by Crippen LogP contribution is -2.24. The van der Waals surface area contributed by atoms with Crippen molar-refractivity contribution in [2.75, 3.05) is 6.54 Å². The van der Waals surface area contributed by atoms with Gasteiger partial charge in [-0.3, -0.25) is 0 Å². The van der Waals surface area contributed by atoms with Crippen molar-refractivity contribution in [1.29, 1.82) is 0 Å². The standard InChI is InChI=1S/C15H24BrNS/c1-7-17-11(12-10(16)8-9(2)18-12)13-14(3,4)15(13,5)6/h8,11,13,17H,7H2,1-6H3.